The van der Waals surface area contributed by atoms with E-state index in [0.29, 0.717) is 0 Å². The van der Waals surface area contributed by atoms with Gasteiger partial charge in [0, 0.05) is 5.41 Å². The van der Waals surface area contributed by atoms with Crippen molar-refractivity contribution < 1.29 is 27.8 Å². The largest absolute Gasteiger partial charge is 0.466 e. The van der Waals surface area contributed by atoms with Crippen LogP contribution in [0.1, 0.15) is 32.6 Å². The highest BCUT2D eigenvalue weighted by atomic mass is 19.1. The lowest BCUT2D eigenvalue weighted by Gasteiger charge is -2.36. The van der Waals surface area contributed by atoms with Crippen molar-refractivity contribution in [3.05, 3.63) is 0 Å². The SMILES string of the molecule is CCOC(=O)CC(O)C(CCF)(CCF)CCF. The number of carbonyl (C=O) groups excluding carboxylic acids is 1. The number of hydrogen-bond donors (Lipinski definition) is 1. The summed E-state index contributed by atoms with van der Waals surface area (Å²) in [6.07, 6.45) is -2.16. The van der Waals surface area contributed by atoms with Gasteiger partial charge in [0.15, 0.2) is 0 Å². The molecule has 0 fully saturated rings. The monoisotopic (exact) mass is 270 g/mol. The zero-order valence-electron chi connectivity index (χ0n) is 10.6. The first-order valence-electron chi connectivity index (χ1n) is 6.08. The minimum absolute atomic E-state index is 0.161. The molecule has 0 aliphatic carbocycles. The lowest BCUT2D eigenvalue weighted by atomic mass is 9.73. The van der Waals surface area contributed by atoms with Crippen LogP contribution in [0.4, 0.5) is 13.2 Å². The van der Waals surface area contributed by atoms with E-state index in [1.807, 2.05) is 0 Å². The number of alkyl halides is 3. The van der Waals surface area contributed by atoms with Crippen LogP contribution in [0.25, 0.3) is 0 Å². The number of aliphatic hydroxyl groups is 1. The van der Waals surface area contributed by atoms with E-state index < -0.39 is 37.5 Å². The minimum Gasteiger partial charge on any atom is -0.466 e. The summed E-state index contributed by atoms with van der Waals surface area (Å²) < 4.78 is 42.2. The average molecular weight is 270 g/mol. The molecule has 0 aromatic heterocycles. The second kappa shape index (κ2) is 9.19. The van der Waals surface area contributed by atoms with Crippen LogP contribution in [0, 0.1) is 5.41 Å². The van der Waals surface area contributed by atoms with Gasteiger partial charge in [-0.3, -0.25) is 18.0 Å². The van der Waals surface area contributed by atoms with Crippen LogP contribution in [-0.2, 0) is 9.53 Å². The zero-order chi connectivity index (χ0) is 14.0. The van der Waals surface area contributed by atoms with Crippen LogP contribution >= 0.6 is 0 Å². The molecule has 0 saturated carbocycles. The van der Waals surface area contributed by atoms with Gasteiger partial charge in [0.25, 0.3) is 0 Å². The quantitative estimate of drug-likeness (QED) is 0.620. The van der Waals surface area contributed by atoms with Crippen LogP contribution < -0.4 is 0 Å². The Kier molecular flexibility index (Phi) is 8.79. The van der Waals surface area contributed by atoms with Crippen molar-refractivity contribution in [1.82, 2.24) is 0 Å². The van der Waals surface area contributed by atoms with Crippen molar-refractivity contribution in [2.75, 3.05) is 26.6 Å². The van der Waals surface area contributed by atoms with Gasteiger partial charge >= 0.3 is 5.97 Å². The van der Waals surface area contributed by atoms with Crippen molar-refractivity contribution in [2.45, 2.75) is 38.7 Å². The third-order valence-corrected chi connectivity index (χ3v) is 3.15. The highest BCUT2D eigenvalue weighted by Gasteiger charge is 2.38. The maximum atomic E-state index is 12.5. The maximum Gasteiger partial charge on any atom is 0.308 e. The smallest absolute Gasteiger partial charge is 0.308 e. The van der Waals surface area contributed by atoms with E-state index in [0.717, 1.165) is 0 Å². The second-order valence-electron chi connectivity index (χ2n) is 4.20. The predicted octanol–water partition coefficient (Wildman–Crippen LogP) is 2.37. The molecule has 6 heteroatoms. The lowest BCUT2D eigenvalue weighted by molar-refractivity contribution is -0.148. The number of aliphatic hydroxyl groups excluding tert-OH is 1. The molecule has 0 radical (unpaired) electrons. The summed E-state index contributed by atoms with van der Waals surface area (Å²) in [6, 6.07) is 0. The van der Waals surface area contributed by atoms with Gasteiger partial charge in [0.1, 0.15) is 0 Å². The highest BCUT2D eigenvalue weighted by Crippen LogP contribution is 2.37. The molecule has 3 nitrogen and oxygen atoms in total. The van der Waals surface area contributed by atoms with Gasteiger partial charge in [-0.25, -0.2) is 0 Å². The van der Waals surface area contributed by atoms with Gasteiger partial charge < -0.3 is 9.84 Å². The molecule has 1 atom stereocenters. The van der Waals surface area contributed by atoms with E-state index in [1.54, 1.807) is 6.92 Å². The fourth-order valence-corrected chi connectivity index (χ4v) is 2.03. The predicted molar refractivity (Wildman–Crippen MR) is 61.5 cm³/mol. The van der Waals surface area contributed by atoms with Crippen LogP contribution in [0.2, 0.25) is 0 Å². The summed E-state index contributed by atoms with van der Waals surface area (Å²) in [5.41, 5.74) is -1.23. The van der Waals surface area contributed by atoms with Crippen molar-refractivity contribution in [1.29, 1.82) is 0 Å². The molecule has 0 spiro atoms. The molecule has 0 rings (SSSR count). The van der Waals surface area contributed by atoms with E-state index in [4.69, 9.17) is 0 Å². The number of halogens is 3. The fraction of sp³-hybridized carbons (Fsp3) is 0.917. The first kappa shape index (κ1) is 17.2. The normalized spacial score (nSPS) is 13.4. The Labute approximate surface area is 105 Å². The van der Waals surface area contributed by atoms with Crippen LogP contribution in [0.3, 0.4) is 0 Å². The number of carbonyl (C=O) groups is 1. The minimum atomic E-state index is -1.29. The zero-order valence-corrected chi connectivity index (χ0v) is 10.6. The topological polar surface area (TPSA) is 46.5 Å². The van der Waals surface area contributed by atoms with Crippen molar-refractivity contribution in [2.24, 2.45) is 5.41 Å². The summed E-state index contributed by atoms with van der Waals surface area (Å²) in [4.78, 5) is 11.2. The number of ether oxygens (including phenoxy) is 1. The molecule has 0 heterocycles. The molecule has 1 unspecified atom stereocenters. The fourth-order valence-electron chi connectivity index (χ4n) is 2.03. The molecular weight excluding hydrogens is 249 g/mol. The van der Waals surface area contributed by atoms with Crippen LogP contribution in [0.5, 0.6) is 0 Å². The molecule has 18 heavy (non-hydrogen) atoms. The number of hydrogen-bond acceptors (Lipinski definition) is 3. The van der Waals surface area contributed by atoms with Crippen molar-refractivity contribution in [3.8, 4) is 0 Å². The summed E-state index contributed by atoms with van der Waals surface area (Å²) in [5, 5.41) is 9.95. The summed E-state index contributed by atoms with van der Waals surface area (Å²) in [5.74, 6) is -0.647. The van der Waals surface area contributed by atoms with E-state index in [-0.39, 0.29) is 32.3 Å². The molecule has 0 aromatic rings. The molecule has 0 saturated heterocycles. The third-order valence-electron chi connectivity index (χ3n) is 3.15. The molecule has 0 aliphatic heterocycles. The van der Waals surface area contributed by atoms with Gasteiger partial charge in [0.2, 0.25) is 0 Å². The Morgan fingerprint density at radius 1 is 1.17 bits per heavy atom. The second-order valence-corrected chi connectivity index (χ2v) is 4.20. The summed E-state index contributed by atoms with van der Waals surface area (Å²) in [6.45, 7) is -0.601. The summed E-state index contributed by atoms with van der Waals surface area (Å²) in [7, 11) is 0. The Bertz CT molecular complexity index is 220. The Hall–Kier alpha value is -0.780. The lowest BCUT2D eigenvalue weighted by Crippen LogP contribution is -2.39. The van der Waals surface area contributed by atoms with Gasteiger partial charge in [0.05, 0.1) is 39.2 Å². The highest BCUT2D eigenvalue weighted by molar-refractivity contribution is 5.70. The van der Waals surface area contributed by atoms with Gasteiger partial charge in [-0.2, -0.15) is 0 Å². The Balaban J connectivity index is 4.73. The van der Waals surface area contributed by atoms with Crippen molar-refractivity contribution in [3.63, 3.8) is 0 Å². The molecule has 1 N–H and O–H groups in total. The molecule has 0 aliphatic rings. The van der Waals surface area contributed by atoms with Gasteiger partial charge in [-0.05, 0) is 26.2 Å². The maximum absolute atomic E-state index is 12.5. The van der Waals surface area contributed by atoms with E-state index in [9.17, 15) is 23.1 Å². The van der Waals surface area contributed by atoms with Gasteiger partial charge in [-0.1, -0.05) is 0 Å². The molecule has 0 bridgehead atoms. The van der Waals surface area contributed by atoms with Gasteiger partial charge in [-0.15, -0.1) is 0 Å². The van der Waals surface area contributed by atoms with E-state index in [1.165, 1.54) is 0 Å². The average Bonchev–Trinajstić information content (AvgIpc) is 2.30. The molecular formula is C12H21F3O3. The first-order chi connectivity index (χ1) is 8.56. The first-order valence-corrected chi connectivity index (χ1v) is 6.08. The standard InChI is InChI=1S/C12H21F3O3/c1-2-18-11(17)9-10(16)12(3-6-13,4-7-14)5-8-15/h10,16H,2-9H2,1H3. The van der Waals surface area contributed by atoms with E-state index in [2.05, 4.69) is 4.74 Å². The Morgan fingerprint density at radius 2 is 1.61 bits per heavy atom. The third kappa shape index (κ3) is 5.25. The van der Waals surface area contributed by atoms with Crippen LogP contribution in [-0.4, -0.2) is 43.8 Å². The summed E-state index contributed by atoms with van der Waals surface area (Å²) >= 11 is 0. The van der Waals surface area contributed by atoms with Crippen molar-refractivity contribution >= 4 is 5.97 Å². The number of rotatable bonds is 10. The Morgan fingerprint density at radius 3 is 1.94 bits per heavy atom. The van der Waals surface area contributed by atoms with Crippen LogP contribution in [0.15, 0.2) is 0 Å². The number of esters is 1. The molecule has 108 valence electrons. The molecule has 0 aromatic carbocycles. The molecule has 0 amide bonds. The van der Waals surface area contributed by atoms with E-state index >= 15 is 0 Å².